The van der Waals surface area contributed by atoms with E-state index in [2.05, 4.69) is 20.3 Å². The first-order chi connectivity index (χ1) is 12.4. The molecule has 13 heteroatoms. The van der Waals surface area contributed by atoms with Gasteiger partial charge in [0, 0.05) is 5.75 Å². The molecular weight excluding hydrogens is 366 g/mol. The number of thioether (sulfide) groups is 1. The maximum Gasteiger partial charge on any atom is 0.320 e. The number of aliphatic carboxylic acids is 1. The second-order valence-corrected chi connectivity index (χ2v) is 6.97. The quantitative estimate of drug-likeness (QED) is 0.328. The van der Waals surface area contributed by atoms with Crippen LogP contribution < -0.4 is 11.5 Å². The molecule has 0 aromatic carbocycles. The van der Waals surface area contributed by atoms with Gasteiger partial charge in [0.25, 0.3) is 0 Å². The molecule has 142 valence electrons. The van der Waals surface area contributed by atoms with Crippen molar-refractivity contribution in [1.82, 2.24) is 25.0 Å². The smallest absolute Gasteiger partial charge is 0.320 e. The Morgan fingerprint density at radius 2 is 2.15 bits per heavy atom. The van der Waals surface area contributed by atoms with Crippen LogP contribution in [0.25, 0.3) is 11.2 Å². The van der Waals surface area contributed by atoms with Crippen molar-refractivity contribution < 1.29 is 24.9 Å². The molecule has 0 saturated carbocycles. The van der Waals surface area contributed by atoms with Crippen molar-refractivity contribution in [1.29, 1.82) is 0 Å². The highest BCUT2D eigenvalue weighted by Gasteiger charge is 2.44. The van der Waals surface area contributed by atoms with Gasteiger partial charge in [-0.15, -0.1) is 5.10 Å². The summed E-state index contributed by atoms with van der Waals surface area (Å²) in [5.41, 5.74) is 11.7. The number of hydrogen-bond donors (Lipinski definition) is 5. The van der Waals surface area contributed by atoms with E-state index in [0.29, 0.717) is 17.9 Å². The van der Waals surface area contributed by atoms with Gasteiger partial charge >= 0.3 is 5.97 Å². The van der Waals surface area contributed by atoms with Gasteiger partial charge in [0.2, 0.25) is 0 Å². The fourth-order valence-electron chi connectivity index (χ4n) is 2.56. The summed E-state index contributed by atoms with van der Waals surface area (Å²) >= 11 is 1.38. The zero-order valence-electron chi connectivity index (χ0n) is 13.5. The third kappa shape index (κ3) is 3.57. The maximum absolute atomic E-state index is 10.7. The summed E-state index contributed by atoms with van der Waals surface area (Å²) in [5, 5.41) is 37.0. The Labute approximate surface area is 151 Å². The third-order valence-corrected chi connectivity index (χ3v) is 5.13. The second kappa shape index (κ2) is 7.67. The van der Waals surface area contributed by atoms with E-state index >= 15 is 0 Å². The number of nitrogen functional groups attached to an aromatic ring is 1. The summed E-state index contributed by atoms with van der Waals surface area (Å²) in [5.74, 6) is -0.0736. The molecule has 0 aliphatic carbocycles. The number of carboxylic acids is 1. The number of hydrogen-bond acceptors (Lipinski definition) is 11. The van der Waals surface area contributed by atoms with Crippen LogP contribution in [0.3, 0.4) is 0 Å². The summed E-state index contributed by atoms with van der Waals surface area (Å²) in [6.07, 6.45) is -2.48. The number of rotatable bonds is 7. The van der Waals surface area contributed by atoms with Crippen molar-refractivity contribution in [3.63, 3.8) is 0 Å². The lowest BCUT2D eigenvalue weighted by molar-refractivity contribution is -0.138. The van der Waals surface area contributed by atoms with Crippen molar-refractivity contribution in [2.75, 3.05) is 17.2 Å². The summed E-state index contributed by atoms with van der Waals surface area (Å²) in [6, 6.07) is -0.929. The van der Waals surface area contributed by atoms with Crippen LogP contribution in [0.15, 0.2) is 6.33 Å². The van der Waals surface area contributed by atoms with Crippen LogP contribution in [0.4, 0.5) is 5.82 Å². The molecule has 1 saturated heterocycles. The van der Waals surface area contributed by atoms with E-state index in [-0.39, 0.29) is 17.0 Å². The molecular formula is C13H19N7O5S. The number of aromatic nitrogens is 5. The SMILES string of the molecule is Nc1ncnc2c1nnn2[C@@H]1O[C@H](CSCC[C@H](N)C(=O)O)[C@@H](O)[C@H]1O. The summed E-state index contributed by atoms with van der Waals surface area (Å²) < 4.78 is 6.98. The Morgan fingerprint density at radius 1 is 1.38 bits per heavy atom. The Bertz CT molecular complexity index is 789. The molecule has 1 fully saturated rings. The van der Waals surface area contributed by atoms with Gasteiger partial charge in [-0.3, -0.25) is 4.79 Å². The Hall–Kier alpha value is -2.06. The standard InChI is InChI=1S/C13H19N7O5S/c14-5(13(23)24)1-2-26-3-6-8(21)9(22)12(25-6)20-11-7(18-19-20)10(15)16-4-17-11/h4-6,8-9,12,21-22H,1-3,14H2,(H,23,24)(H2,15,16,17)/t5-,6+,8+,9+,12+/m0/s1. The zero-order valence-corrected chi connectivity index (χ0v) is 14.4. The van der Waals surface area contributed by atoms with Crippen molar-refractivity contribution in [2.45, 2.75) is 37.0 Å². The number of carbonyl (C=O) groups is 1. The molecule has 7 N–H and O–H groups in total. The molecule has 0 bridgehead atoms. The van der Waals surface area contributed by atoms with E-state index in [1.807, 2.05) is 0 Å². The highest BCUT2D eigenvalue weighted by atomic mass is 32.2. The first-order valence-electron chi connectivity index (χ1n) is 7.79. The molecule has 3 heterocycles. The molecule has 12 nitrogen and oxygen atoms in total. The van der Waals surface area contributed by atoms with Crippen LogP contribution >= 0.6 is 11.8 Å². The first kappa shape index (κ1) is 18.7. The Morgan fingerprint density at radius 3 is 2.88 bits per heavy atom. The number of aliphatic hydroxyl groups is 2. The normalized spacial score (nSPS) is 27.0. The largest absolute Gasteiger partial charge is 0.480 e. The topological polar surface area (TPSA) is 196 Å². The molecule has 0 radical (unpaired) electrons. The Kier molecular flexibility index (Phi) is 5.52. The maximum atomic E-state index is 10.7. The number of nitrogens with two attached hydrogens (primary N) is 2. The number of aliphatic hydroxyl groups excluding tert-OH is 2. The van der Waals surface area contributed by atoms with Gasteiger partial charge in [-0.05, 0) is 12.2 Å². The molecule has 1 aliphatic heterocycles. The van der Waals surface area contributed by atoms with Crippen LogP contribution in [-0.2, 0) is 9.53 Å². The van der Waals surface area contributed by atoms with Crippen LogP contribution in [0.5, 0.6) is 0 Å². The lowest BCUT2D eigenvalue weighted by Gasteiger charge is -2.14. The highest BCUT2D eigenvalue weighted by molar-refractivity contribution is 7.99. The van der Waals surface area contributed by atoms with Gasteiger partial charge in [0.1, 0.15) is 24.6 Å². The number of anilines is 1. The lowest BCUT2D eigenvalue weighted by atomic mass is 10.1. The minimum atomic E-state index is -1.23. The van der Waals surface area contributed by atoms with Gasteiger partial charge < -0.3 is 31.5 Å². The third-order valence-electron chi connectivity index (χ3n) is 4.04. The molecule has 0 spiro atoms. The average molecular weight is 385 g/mol. The van der Waals surface area contributed by atoms with E-state index in [9.17, 15) is 15.0 Å². The molecule has 2 aromatic rings. The zero-order chi connectivity index (χ0) is 18.8. The number of fused-ring (bicyclic) bond motifs is 1. The molecule has 1 aliphatic rings. The number of ether oxygens (including phenoxy) is 1. The van der Waals surface area contributed by atoms with Gasteiger partial charge in [-0.25, -0.2) is 9.97 Å². The Balaban J connectivity index is 1.64. The van der Waals surface area contributed by atoms with Crippen LogP contribution in [0.2, 0.25) is 0 Å². The van der Waals surface area contributed by atoms with Crippen LogP contribution in [-0.4, -0.2) is 82.1 Å². The van der Waals surface area contributed by atoms with Crippen molar-refractivity contribution >= 4 is 34.7 Å². The van der Waals surface area contributed by atoms with E-state index in [0.717, 1.165) is 0 Å². The number of nitrogens with zero attached hydrogens (tertiary/aromatic N) is 5. The van der Waals surface area contributed by atoms with Crippen LogP contribution in [0, 0.1) is 0 Å². The van der Waals surface area contributed by atoms with E-state index < -0.39 is 36.6 Å². The first-order valence-corrected chi connectivity index (χ1v) is 8.94. The molecule has 0 unspecified atom stereocenters. The summed E-state index contributed by atoms with van der Waals surface area (Å²) in [6.45, 7) is 0. The fraction of sp³-hybridized carbons (Fsp3) is 0.615. The molecule has 26 heavy (non-hydrogen) atoms. The molecule has 0 amide bonds. The highest BCUT2D eigenvalue weighted by Crippen LogP contribution is 2.32. The monoisotopic (exact) mass is 385 g/mol. The van der Waals surface area contributed by atoms with Gasteiger partial charge in [0.05, 0.1) is 6.10 Å². The molecule has 3 rings (SSSR count). The van der Waals surface area contributed by atoms with Crippen molar-refractivity contribution in [2.24, 2.45) is 5.73 Å². The van der Waals surface area contributed by atoms with Gasteiger partial charge in [-0.1, -0.05) is 5.21 Å². The summed E-state index contributed by atoms with van der Waals surface area (Å²) in [4.78, 5) is 18.5. The van der Waals surface area contributed by atoms with Gasteiger partial charge in [-0.2, -0.15) is 16.4 Å². The summed E-state index contributed by atoms with van der Waals surface area (Å²) in [7, 11) is 0. The fourth-order valence-corrected chi connectivity index (χ4v) is 3.65. The van der Waals surface area contributed by atoms with Gasteiger partial charge in [0.15, 0.2) is 23.2 Å². The van der Waals surface area contributed by atoms with E-state index in [1.54, 1.807) is 0 Å². The van der Waals surface area contributed by atoms with Crippen LogP contribution in [0.1, 0.15) is 12.6 Å². The average Bonchev–Trinajstić information content (AvgIpc) is 3.15. The minimum absolute atomic E-state index is 0.149. The minimum Gasteiger partial charge on any atom is -0.480 e. The van der Waals surface area contributed by atoms with Crippen molar-refractivity contribution in [3.8, 4) is 0 Å². The van der Waals surface area contributed by atoms with E-state index in [1.165, 1.54) is 22.8 Å². The predicted molar refractivity (Wildman–Crippen MR) is 91.0 cm³/mol. The molecule has 5 atom stereocenters. The predicted octanol–water partition coefficient (Wildman–Crippen LogP) is -2.04. The molecule has 2 aromatic heterocycles. The second-order valence-electron chi connectivity index (χ2n) is 5.82. The van der Waals surface area contributed by atoms with Crippen molar-refractivity contribution in [3.05, 3.63) is 6.33 Å². The van der Waals surface area contributed by atoms with E-state index in [4.69, 9.17) is 21.3 Å². The lowest BCUT2D eigenvalue weighted by Crippen LogP contribution is -2.33. The number of carboxylic acid groups (broad SMARTS) is 1.